The smallest absolute Gasteiger partial charge is 0.189 e. The van der Waals surface area contributed by atoms with Gasteiger partial charge in [0.2, 0.25) is 0 Å². The molecule has 0 saturated heterocycles. The van der Waals surface area contributed by atoms with Crippen LogP contribution in [0.1, 0.15) is 27.9 Å². The minimum Gasteiger partial charge on any atom is -0.497 e. The first kappa shape index (κ1) is 14.4. The van der Waals surface area contributed by atoms with Crippen molar-refractivity contribution >= 4 is 11.9 Å². The third-order valence-corrected chi connectivity index (χ3v) is 3.99. The number of hydrogen-bond donors (Lipinski definition) is 0. The molecular weight excluding hydrogens is 276 g/mol. The van der Waals surface area contributed by atoms with Crippen molar-refractivity contribution < 1.29 is 14.3 Å². The number of hydrogen-bond acceptors (Lipinski definition) is 3. The first-order chi connectivity index (χ1) is 10.7. The van der Waals surface area contributed by atoms with Gasteiger partial charge in [0.15, 0.2) is 5.78 Å². The van der Waals surface area contributed by atoms with Crippen molar-refractivity contribution in [1.82, 2.24) is 0 Å². The number of aryl methyl sites for hydroxylation is 1. The molecule has 0 bridgehead atoms. The fourth-order valence-electron chi connectivity index (χ4n) is 2.78. The molecule has 0 unspecified atom stereocenters. The van der Waals surface area contributed by atoms with Crippen molar-refractivity contribution in [3.63, 3.8) is 0 Å². The number of allylic oxidation sites excluding steroid dienone is 1. The SMILES string of the molecule is COc1ccc2c(c1)C(=O)/C(=C/c1ccccc1OC)CC2. The van der Waals surface area contributed by atoms with Gasteiger partial charge < -0.3 is 9.47 Å². The van der Waals surface area contributed by atoms with Crippen LogP contribution in [0.3, 0.4) is 0 Å². The van der Waals surface area contributed by atoms with Crippen LogP contribution >= 0.6 is 0 Å². The summed E-state index contributed by atoms with van der Waals surface area (Å²) < 4.78 is 10.6. The molecule has 0 aromatic heterocycles. The van der Waals surface area contributed by atoms with E-state index >= 15 is 0 Å². The van der Waals surface area contributed by atoms with Crippen LogP contribution in [-0.4, -0.2) is 20.0 Å². The summed E-state index contributed by atoms with van der Waals surface area (Å²) >= 11 is 0. The topological polar surface area (TPSA) is 35.5 Å². The summed E-state index contributed by atoms with van der Waals surface area (Å²) in [5.74, 6) is 1.57. The molecule has 2 aromatic rings. The lowest BCUT2D eigenvalue weighted by Crippen LogP contribution is -2.14. The molecule has 0 atom stereocenters. The maximum Gasteiger partial charge on any atom is 0.189 e. The Balaban J connectivity index is 2.00. The Morgan fingerprint density at radius 3 is 2.59 bits per heavy atom. The van der Waals surface area contributed by atoms with Crippen molar-refractivity contribution in [3.05, 3.63) is 64.7 Å². The number of carbonyl (C=O) groups excluding carboxylic acids is 1. The standard InChI is InChI=1S/C19H18O3/c1-21-16-10-9-13-7-8-15(19(20)17(13)12-16)11-14-5-3-4-6-18(14)22-2/h3-6,9-12H,7-8H2,1-2H3/b15-11+. The molecule has 0 aliphatic heterocycles. The zero-order valence-corrected chi connectivity index (χ0v) is 12.8. The van der Waals surface area contributed by atoms with E-state index in [1.807, 2.05) is 48.5 Å². The molecule has 0 fully saturated rings. The van der Waals surface area contributed by atoms with E-state index in [1.54, 1.807) is 14.2 Å². The number of ketones is 1. The molecule has 2 aromatic carbocycles. The van der Waals surface area contributed by atoms with Crippen LogP contribution < -0.4 is 9.47 Å². The molecule has 22 heavy (non-hydrogen) atoms. The van der Waals surface area contributed by atoms with Crippen LogP contribution in [0.2, 0.25) is 0 Å². The summed E-state index contributed by atoms with van der Waals surface area (Å²) in [7, 11) is 3.25. The molecule has 0 radical (unpaired) electrons. The number of rotatable bonds is 3. The van der Waals surface area contributed by atoms with Crippen molar-refractivity contribution in [2.75, 3.05) is 14.2 Å². The van der Waals surface area contributed by atoms with Crippen LogP contribution in [0.25, 0.3) is 6.08 Å². The summed E-state index contributed by atoms with van der Waals surface area (Å²) in [6.07, 6.45) is 3.55. The Morgan fingerprint density at radius 2 is 1.82 bits per heavy atom. The lowest BCUT2D eigenvalue weighted by Gasteiger charge is -2.18. The Kier molecular flexibility index (Phi) is 3.96. The van der Waals surface area contributed by atoms with Gasteiger partial charge in [0.05, 0.1) is 14.2 Å². The predicted octanol–water partition coefficient (Wildman–Crippen LogP) is 3.92. The van der Waals surface area contributed by atoms with E-state index in [4.69, 9.17) is 9.47 Å². The van der Waals surface area contributed by atoms with Crippen LogP contribution in [0, 0.1) is 0 Å². The first-order valence-corrected chi connectivity index (χ1v) is 7.28. The van der Waals surface area contributed by atoms with E-state index in [0.717, 1.165) is 40.9 Å². The lowest BCUT2D eigenvalue weighted by molar-refractivity contribution is 0.102. The fourth-order valence-corrected chi connectivity index (χ4v) is 2.78. The molecule has 0 amide bonds. The molecule has 3 nitrogen and oxygen atoms in total. The predicted molar refractivity (Wildman–Crippen MR) is 86.6 cm³/mol. The minimum atomic E-state index is 0.0751. The third-order valence-electron chi connectivity index (χ3n) is 3.99. The van der Waals surface area contributed by atoms with Gasteiger partial charge in [-0.25, -0.2) is 0 Å². The van der Waals surface area contributed by atoms with E-state index in [1.165, 1.54) is 0 Å². The van der Waals surface area contributed by atoms with E-state index in [-0.39, 0.29) is 5.78 Å². The fraction of sp³-hybridized carbons (Fsp3) is 0.211. The van der Waals surface area contributed by atoms with Gasteiger partial charge in [-0.05, 0) is 42.7 Å². The second-order valence-electron chi connectivity index (χ2n) is 5.26. The number of ether oxygens (including phenoxy) is 2. The number of fused-ring (bicyclic) bond motifs is 1. The summed E-state index contributed by atoms with van der Waals surface area (Å²) in [4.78, 5) is 12.7. The molecule has 0 saturated carbocycles. The second-order valence-corrected chi connectivity index (χ2v) is 5.26. The average molecular weight is 294 g/mol. The van der Waals surface area contributed by atoms with Crippen molar-refractivity contribution in [3.8, 4) is 11.5 Å². The van der Waals surface area contributed by atoms with Crippen molar-refractivity contribution in [2.45, 2.75) is 12.8 Å². The van der Waals surface area contributed by atoms with Gasteiger partial charge in [-0.15, -0.1) is 0 Å². The zero-order valence-electron chi connectivity index (χ0n) is 12.8. The highest BCUT2D eigenvalue weighted by Gasteiger charge is 2.22. The number of methoxy groups -OCH3 is 2. The molecular formula is C19H18O3. The summed E-state index contributed by atoms with van der Waals surface area (Å²) in [6, 6.07) is 13.4. The van der Waals surface area contributed by atoms with E-state index in [0.29, 0.717) is 5.75 Å². The van der Waals surface area contributed by atoms with Crippen molar-refractivity contribution in [2.24, 2.45) is 0 Å². The van der Waals surface area contributed by atoms with Gasteiger partial charge >= 0.3 is 0 Å². The Hall–Kier alpha value is -2.55. The number of benzene rings is 2. The van der Waals surface area contributed by atoms with Gasteiger partial charge in [-0.2, -0.15) is 0 Å². The van der Waals surface area contributed by atoms with Crippen LogP contribution in [-0.2, 0) is 6.42 Å². The zero-order chi connectivity index (χ0) is 15.5. The maximum absolute atomic E-state index is 12.7. The summed E-state index contributed by atoms with van der Waals surface area (Å²) in [5.41, 5.74) is 3.57. The Labute approximate surface area is 130 Å². The van der Waals surface area contributed by atoms with E-state index in [9.17, 15) is 4.79 Å². The van der Waals surface area contributed by atoms with Crippen LogP contribution in [0.15, 0.2) is 48.0 Å². The number of para-hydroxylation sites is 1. The van der Waals surface area contributed by atoms with Gasteiger partial charge in [-0.3, -0.25) is 4.79 Å². The highest BCUT2D eigenvalue weighted by atomic mass is 16.5. The molecule has 3 heteroatoms. The molecule has 1 aliphatic carbocycles. The quantitative estimate of drug-likeness (QED) is 0.805. The minimum absolute atomic E-state index is 0.0751. The summed E-state index contributed by atoms with van der Waals surface area (Å²) in [6.45, 7) is 0. The highest BCUT2D eigenvalue weighted by molar-refractivity contribution is 6.13. The maximum atomic E-state index is 12.7. The molecule has 0 N–H and O–H groups in total. The second kappa shape index (κ2) is 6.06. The van der Waals surface area contributed by atoms with Crippen molar-refractivity contribution in [1.29, 1.82) is 0 Å². The molecule has 112 valence electrons. The summed E-state index contributed by atoms with van der Waals surface area (Å²) in [5, 5.41) is 0. The Morgan fingerprint density at radius 1 is 1.00 bits per heavy atom. The highest BCUT2D eigenvalue weighted by Crippen LogP contribution is 2.30. The molecule has 0 heterocycles. The monoisotopic (exact) mass is 294 g/mol. The van der Waals surface area contributed by atoms with Gasteiger partial charge in [-0.1, -0.05) is 24.3 Å². The first-order valence-electron chi connectivity index (χ1n) is 7.28. The molecule has 3 rings (SSSR count). The molecule has 1 aliphatic rings. The van der Waals surface area contributed by atoms with Crippen LogP contribution in [0.4, 0.5) is 0 Å². The van der Waals surface area contributed by atoms with Gasteiger partial charge in [0.1, 0.15) is 11.5 Å². The third kappa shape index (κ3) is 2.62. The van der Waals surface area contributed by atoms with E-state index in [2.05, 4.69) is 0 Å². The number of carbonyl (C=O) groups is 1. The number of Topliss-reactive ketones (excluding diaryl/α,β-unsaturated/α-hetero) is 1. The Bertz CT molecular complexity index is 744. The van der Waals surface area contributed by atoms with Crippen LogP contribution in [0.5, 0.6) is 11.5 Å². The lowest BCUT2D eigenvalue weighted by atomic mass is 9.86. The average Bonchev–Trinajstić information content (AvgIpc) is 2.57. The van der Waals surface area contributed by atoms with Gasteiger partial charge in [0.25, 0.3) is 0 Å². The molecule has 0 spiro atoms. The largest absolute Gasteiger partial charge is 0.497 e. The van der Waals surface area contributed by atoms with Gasteiger partial charge in [0, 0.05) is 16.7 Å². The van der Waals surface area contributed by atoms with E-state index < -0.39 is 0 Å². The normalized spacial score (nSPS) is 15.5.